The first-order valence-electron chi connectivity index (χ1n) is 11.5. The maximum atomic E-state index is 13.4. The van der Waals surface area contributed by atoms with Gasteiger partial charge >= 0.3 is 5.97 Å². The predicted molar refractivity (Wildman–Crippen MR) is 134 cm³/mol. The standard InChI is InChI=1S/C28H30ClNO5/c1-16-24(27(32)34-5)25(26-20(30-16)13-28(2,3)14-21(26)31)17-10-11-22(33-4)18(12-17)15-35-23-9-7-6-8-19(23)29/h6-12,25,30H,13-15H2,1-5H3/t25-/m1/s1. The number of hydrogen-bond donors (Lipinski definition) is 1. The first-order chi connectivity index (χ1) is 16.6. The van der Waals surface area contributed by atoms with Crippen LogP contribution in [0.15, 0.2) is 65.0 Å². The van der Waals surface area contributed by atoms with Crippen LogP contribution in [0.5, 0.6) is 11.5 Å². The van der Waals surface area contributed by atoms with E-state index in [-0.39, 0.29) is 17.8 Å². The molecular formula is C28H30ClNO5. The molecule has 0 amide bonds. The number of benzene rings is 2. The molecule has 7 heteroatoms. The van der Waals surface area contributed by atoms with Crippen LogP contribution in [0.25, 0.3) is 0 Å². The van der Waals surface area contributed by atoms with E-state index in [1.807, 2.05) is 37.3 Å². The Morgan fingerprint density at radius 2 is 1.86 bits per heavy atom. The molecule has 0 aromatic heterocycles. The molecule has 2 aromatic carbocycles. The molecule has 184 valence electrons. The highest BCUT2D eigenvalue weighted by molar-refractivity contribution is 6.32. The van der Waals surface area contributed by atoms with Gasteiger partial charge in [-0.15, -0.1) is 0 Å². The molecular weight excluding hydrogens is 466 g/mol. The number of ether oxygens (including phenoxy) is 3. The van der Waals surface area contributed by atoms with Crippen molar-refractivity contribution in [2.24, 2.45) is 5.41 Å². The summed E-state index contributed by atoms with van der Waals surface area (Å²) in [7, 11) is 2.95. The van der Waals surface area contributed by atoms with Gasteiger partial charge in [0.15, 0.2) is 5.78 Å². The predicted octanol–water partition coefficient (Wildman–Crippen LogP) is 5.70. The molecule has 2 aromatic rings. The highest BCUT2D eigenvalue weighted by Gasteiger charge is 2.43. The summed E-state index contributed by atoms with van der Waals surface area (Å²) in [5.74, 6) is 0.220. The molecule has 1 atom stereocenters. The number of para-hydroxylation sites is 1. The lowest BCUT2D eigenvalue weighted by Gasteiger charge is -2.39. The lowest BCUT2D eigenvalue weighted by atomic mass is 9.68. The molecule has 0 unspecified atom stereocenters. The monoisotopic (exact) mass is 495 g/mol. The number of dihydropyridines is 1. The van der Waals surface area contributed by atoms with Crippen molar-refractivity contribution in [2.75, 3.05) is 14.2 Å². The number of rotatable bonds is 6. The minimum absolute atomic E-state index is 0.0346. The van der Waals surface area contributed by atoms with Gasteiger partial charge in [0.25, 0.3) is 0 Å². The van der Waals surface area contributed by atoms with Crippen molar-refractivity contribution in [3.63, 3.8) is 0 Å². The molecule has 35 heavy (non-hydrogen) atoms. The van der Waals surface area contributed by atoms with Gasteiger partial charge in [-0.2, -0.15) is 0 Å². The Balaban J connectivity index is 1.80. The topological polar surface area (TPSA) is 73.9 Å². The van der Waals surface area contributed by atoms with Crippen molar-refractivity contribution in [1.29, 1.82) is 0 Å². The number of ketones is 1. The molecule has 0 spiro atoms. The van der Waals surface area contributed by atoms with Gasteiger partial charge in [-0.3, -0.25) is 4.79 Å². The smallest absolute Gasteiger partial charge is 0.336 e. The number of esters is 1. The van der Waals surface area contributed by atoms with Crippen LogP contribution in [0.4, 0.5) is 0 Å². The number of carbonyl (C=O) groups excluding carboxylic acids is 2. The zero-order valence-electron chi connectivity index (χ0n) is 20.7. The van der Waals surface area contributed by atoms with E-state index in [1.54, 1.807) is 19.2 Å². The average molecular weight is 496 g/mol. The van der Waals surface area contributed by atoms with Crippen molar-refractivity contribution in [1.82, 2.24) is 5.32 Å². The largest absolute Gasteiger partial charge is 0.496 e. The van der Waals surface area contributed by atoms with Gasteiger partial charge in [-0.05, 0) is 48.6 Å². The highest BCUT2D eigenvalue weighted by Crippen LogP contribution is 2.47. The maximum Gasteiger partial charge on any atom is 0.336 e. The Hall–Kier alpha value is -3.25. The lowest BCUT2D eigenvalue weighted by Crippen LogP contribution is -2.38. The van der Waals surface area contributed by atoms with Gasteiger partial charge in [-0.1, -0.05) is 43.6 Å². The third kappa shape index (κ3) is 4.94. The average Bonchev–Trinajstić information content (AvgIpc) is 2.81. The van der Waals surface area contributed by atoms with Crippen LogP contribution in [-0.2, 0) is 20.9 Å². The zero-order valence-corrected chi connectivity index (χ0v) is 21.4. The maximum absolute atomic E-state index is 13.4. The van der Waals surface area contributed by atoms with Gasteiger partial charge in [0, 0.05) is 34.9 Å². The summed E-state index contributed by atoms with van der Waals surface area (Å²) in [5, 5.41) is 3.84. The van der Waals surface area contributed by atoms with Crippen molar-refractivity contribution < 1.29 is 23.8 Å². The second kappa shape index (κ2) is 9.78. The van der Waals surface area contributed by atoms with Gasteiger partial charge in [-0.25, -0.2) is 4.79 Å². The SMILES string of the molecule is COC(=O)C1=C(C)NC2=C(C(=O)CC(C)(C)C2)[C@@H]1c1ccc(OC)c(COc2ccccc2Cl)c1. The molecule has 1 aliphatic carbocycles. The molecule has 0 saturated heterocycles. The summed E-state index contributed by atoms with van der Waals surface area (Å²) in [6.07, 6.45) is 1.13. The van der Waals surface area contributed by atoms with Crippen molar-refractivity contribution >= 4 is 23.4 Å². The molecule has 1 N–H and O–H groups in total. The first kappa shape index (κ1) is 24.9. The number of halogens is 1. The van der Waals surface area contributed by atoms with Crippen LogP contribution in [0.1, 0.15) is 50.7 Å². The normalized spacial score (nSPS) is 19.1. The molecule has 0 saturated carbocycles. The Morgan fingerprint density at radius 1 is 1.11 bits per heavy atom. The van der Waals surface area contributed by atoms with Gasteiger partial charge in [0.05, 0.1) is 24.8 Å². The number of methoxy groups -OCH3 is 2. The molecule has 2 aliphatic rings. The quantitative estimate of drug-likeness (QED) is 0.518. The van der Waals surface area contributed by atoms with Gasteiger partial charge in [0.2, 0.25) is 0 Å². The van der Waals surface area contributed by atoms with Gasteiger partial charge < -0.3 is 19.5 Å². The Kier molecular flexibility index (Phi) is 6.95. The third-order valence-corrected chi connectivity index (χ3v) is 6.81. The second-order valence-corrected chi connectivity index (χ2v) is 10.1. The number of carbonyl (C=O) groups is 2. The van der Waals surface area contributed by atoms with Crippen LogP contribution in [-0.4, -0.2) is 26.0 Å². The van der Waals surface area contributed by atoms with Crippen molar-refractivity contribution in [3.05, 3.63) is 81.2 Å². The van der Waals surface area contributed by atoms with E-state index in [0.29, 0.717) is 39.8 Å². The zero-order chi connectivity index (χ0) is 25.3. The summed E-state index contributed by atoms with van der Waals surface area (Å²) < 4.78 is 16.7. The van der Waals surface area contributed by atoms with E-state index in [1.165, 1.54) is 7.11 Å². The van der Waals surface area contributed by atoms with Crippen LogP contribution in [0, 0.1) is 5.41 Å². The fraction of sp³-hybridized carbons (Fsp3) is 0.357. The fourth-order valence-corrected chi connectivity index (χ4v) is 5.15. The number of allylic oxidation sites excluding steroid dienone is 3. The van der Waals surface area contributed by atoms with E-state index >= 15 is 0 Å². The Labute approximate surface area is 210 Å². The Bertz CT molecular complexity index is 1240. The number of hydrogen-bond acceptors (Lipinski definition) is 6. The number of nitrogens with one attached hydrogen (secondary N) is 1. The van der Waals surface area contributed by atoms with Crippen LogP contribution in [0.2, 0.25) is 5.02 Å². The Morgan fingerprint density at radius 3 is 2.54 bits per heavy atom. The number of Topliss-reactive ketones (excluding diaryl/α,β-unsaturated/α-hetero) is 1. The molecule has 4 rings (SSSR count). The van der Waals surface area contributed by atoms with E-state index in [2.05, 4.69) is 19.2 Å². The minimum atomic E-state index is -0.549. The molecule has 6 nitrogen and oxygen atoms in total. The summed E-state index contributed by atoms with van der Waals surface area (Å²) in [6.45, 7) is 6.21. The van der Waals surface area contributed by atoms with Crippen molar-refractivity contribution in [2.45, 2.75) is 46.1 Å². The lowest BCUT2D eigenvalue weighted by molar-refractivity contribution is -0.136. The van der Waals surface area contributed by atoms with Crippen LogP contribution >= 0.6 is 11.6 Å². The molecule has 1 aliphatic heterocycles. The summed E-state index contributed by atoms with van der Waals surface area (Å²) in [4.78, 5) is 26.3. The molecule has 1 heterocycles. The minimum Gasteiger partial charge on any atom is -0.496 e. The van der Waals surface area contributed by atoms with Crippen LogP contribution < -0.4 is 14.8 Å². The highest BCUT2D eigenvalue weighted by atomic mass is 35.5. The van der Waals surface area contributed by atoms with Gasteiger partial charge in [0.1, 0.15) is 18.1 Å². The first-order valence-corrected chi connectivity index (χ1v) is 11.9. The van der Waals surface area contributed by atoms with E-state index in [9.17, 15) is 9.59 Å². The third-order valence-electron chi connectivity index (χ3n) is 6.50. The molecule has 0 fully saturated rings. The van der Waals surface area contributed by atoms with E-state index in [0.717, 1.165) is 23.2 Å². The summed E-state index contributed by atoms with van der Waals surface area (Å²) in [6, 6.07) is 12.9. The molecule has 0 radical (unpaired) electrons. The second-order valence-electron chi connectivity index (χ2n) is 9.71. The summed E-state index contributed by atoms with van der Waals surface area (Å²) >= 11 is 6.25. The molecule has 0 bridgehead atoms. The van der Waals surface area contributed by atoms with E-state index in [4.69, 9.17) is 25.8 Å². The summed E-state index contributed by atoms with van der Waals surface area (Å²) in [5.41, 5.74) is 4.02. The van der Waals surface area contributed by atoms with E-state index < -0.39 is 11.9 Å². The van der Waals surface area contributed by atoms with Crippen molar-refractivity contribution in [3.8, 4) is 11.5 Å². The fourth-order valence-electron chi connectivity index (χ4n) is 4.96. The van der Waals surface area contributed by atoms with Crippen LogP contribution in [0.3, 0.4) is 0 Å².